The molecule has 5 nitrogen and oxygen atoms in total. The molecule has 0 saturated carbocycles. The molecule has 0 aliphatic carbocycles. The number of rotatable bonds is 4. The van der Waals surface area contributed by atoms with Gasteiger partial charge in [-0.05, 0) is 31.0 Å². The van der Waals surface area contributed by atoms with Gasteiger partial charge in [0.25, 0.3) is 5.91 Å². The Hall–Kier alpha value is -2.57. The average molecular weight is 448 g/mol. The number of carbonyl (C=O) groups is 2. The number of carbonyl (C=O) groups excluding carboxylic acids is 2. The Labute approximate surface area is 194 Å². The molecule has 2 aromatic carbocycles. The second-order valence-corrected chi connectivity index (χ2v) is 10.6. The highest BCUT2D eigenvalue weighted by Gasteiger charge is 2.46. The van der Waals surface area contributed by atoms with Gasteiger partial charge < -0.3 is 9.80 Å². The van der Waals surface area contributed by atoms with Gasteiger partial charge in [0, 0.05) is 55.8 Å². The lowest BCUT2D eigenvalue weighted by atomic mass is 9.99. The van der Waals surface area contributed by atoms with Gasteiger partial charge in [-0.1, -0.05) is 54.6 Å². The van der Waals surface area contributed by atoms with Crippen LogP contribution in [0.1, 0.15) is 29.3 Å². The van der Waals surface area contributed by atoms with Crippen LogP contribution in [0.3, 0.4) is 0 Å². The molecule has 0 aromatic heterocycles. The van der Waals surface area contributed by atoms with E-state index >= 15 is 0 Å². The van der Waals surface area contributed by atoms with E-state index in [-0.39, 0.29) is 11.8 Å². The molecule has 3 aliphatic heterocycles. The largest absolute Gasteiger partial charge is 0.338 e. The number of amides is 2. The number of thioether (sulfide) groups is 1. The summed E-state index contributed by atoms with van der Waals surface area (Å²) in [5.74, 6) is 0.363. The maximum atomic E-state index is 13.3. The summed E-state index contributed by atoms with van der Waals surface area (Å²) in [6.45, 7) is 6.90. The summed E-state index contributed by atoms with van der Waals surface area (Å²) in [7, 11) is 0. The van der Waals surface area contributed by atoms with Crippen molar-refractivity contribution in [2.45, 2.75) is 24.1 Å². The van der Waals surface area contributed by atoms with Crippen LogP contribution < -0.4 is 0 Å². The van der Waals surface area contributed by atoms with Gasteiger partial charge in [-0.15, -0.1) is 11.8 Å². The van der Waals surface area contributed by atoms with Crippen molar-refractivity contribution >= 4 is 28.5 Å². The molecule has 5 rings (SSSR count). The number of nitrogens with zero attached hydrogens (tertiary/aromatic N) is 3. The minimum Gasteiger partial charge on any atom is -0.338 e. The second-order valence-electron chi connectivity index (χ2n) is 9.03. The van der Waals surface area contributed by atoms with Crippen molar-refractivity contribution in [2.75, 3.05) is 39.3 Å². The third kappa shape index (κ3) is 4.09. The average Bonchev–Trinajstić information content (AvgIpc) is 3.23. The first-order chi connectivity index (χ1) is 15.5. The van der Waals surface area contributed by atoms with Crippen molar-refractivity contribution in [1.29, 1.82) is 0 Å². The fourth-order valence-electron chi connectivity index (χ4n) is 4.76. The Morgan fingerprint density at radius 3 is 2.16 bits per heavy atom. The summed E-state index contributed by atoms with van der Waals surface area (Å²) >= 11 is 1.70. The van der Waals surface area contributed by atoms with Crippen molar-refractivity contribution in [3.05, 3.63) is 77.9 Å². The number of hydrogen-bond acceptors (Lipinski definition) is 4. The second kappa shape index (κ2) is 8.75. The number of benzene rings is 2. The van der Waals surface area contributed by atoms with Crippen LogP contribution in [0.2, 0.25) is 0 Å². The van der Waals surface area contributed by atoms with Crippen LogP contribution in [0.15, 0.2) is 66.7 Å². The topological polar surface area (TPSA) is 43.9 Å². The van der Waals surface area contributed by atoms with Crippen LogP contribution in [0.4, 0.5) is 0 Å². The molecular formula is C26H29N3O2S. The van der Waals surface area contributed by atoms with Crippen LogP contribution in [0.5, 0.6) is 0 Å². The first-order valence-electron chi connectivity index (χ1n) is 11.4. The fourth-order valence-corrected chi connectivity index (χ4v) is 6.05. The van der Waals surface area contributed by atoms with Crippen LogP contribution in [-0.4, -0.2) is 76.6 Å². The number of piperazine rings is 1. The highest BCUT2D eigenvalue weighted by Crippen LogP contribution is 2.48. The minimum absolute atomic E-state index is 0.114. The highest BCUT2D eigenvalue weighted by atomic mass is 32.2. The summed E-state index contributed by atoms with van der Waals surface area (Å²) in [6.07, 6.45) is 2.99. The van der Waals surface area contributed by atoms with E-state index in [1.165, 1.54) is 10.5 Å². The lowest BCUT2D eigenvalue weighted by Gasteiger charge is -2.49. The Bertz CT molecular complexity index is 1010. The predicted molar refractivity (Wildman–Crippen MR) is 129 cm³/mol. The SMILES string of the molecule is CC1(C(=O)N2CC(N3CCN(C(=O)c4ccccc4)CC3)C2)CC=C(c2ccccc2)S1. The standard InChI is InChI=1S/C26H29N3O2S/c1-26(13-12-23(32-26)20-8-4-2-5-9-20)25(31)29-18-22(19-29)27-14-16-28(17-15-27)24(30)21-10-6-3-7-11-21/h2-12,22H,13-19H2,1H3. The van der Waals surface area contributed by atoms with E-state index in [2.05, 4.69) is 30.0 Å². The summed E-state index contributed by atoms with van der Waals surface area (Å²) < 4.78 is -0.406. The van der Waals surface area contributed by atoms with E-state index in [0.29, 0.717) is 6.04 Å². The quantitative estimate of drug-likeness (QED) is 0.719. The van der Waals surface area contributed by atoms with E-state index in [9.17, 15) is 9.59 Å². The van der Waals surface area contributed by atoms with Crippen LogP contribution >= 0.6 is 11.8 Å². The molecule has 6 heteroatoms. The number of allylic oxidation sites excluding steroid dienone is 1. The van der Waals surface area contributed by atoms with Gasteiger partial charge in [0.1, 0.15) is 0 Å². The van der Waals surface area contributed by atoms with E-state index < -0.39 is 4.75 Å². The monoisotopic (exact) mass is 447 g/mol. The smallest absolute Gasteiger partial charge is 0.253 e. The van der Waals surface area contributed by atoms with Gasteiger partial charge in [-0.2, -0.15) is 0 Å². The van der Waals surface area contributed by atoms with E-state index in [1.54, 1.807) is 11.8 Å². The maximum Gasteiger partial charge on any atom is 0.253 e. The molecule has 3 heterocycles. The zero-order valence-corrected chi connectivity index (χ0v) is 19.3. The van der Waals surface area contributed by atoms with Crippen molar-refractivity contribution in [3.63, 3.8) is 0 Å². The minimum atomic E-state index is -0.406. The molecule has 166 valence electrons. The van der Waals surface area contributed by atoms with Gasteiger partial charge in [0.05, 0.1) is 4.75 Å². The zero-order valence-electron chi connectivity index (χ0n) is 18.4. The molecule has 0 radical (unpaired) electrons. The third-order valence-electron chi connectivity index (χ3n) is 6.81. The maximum absolute atomic E-state index is 13.3. The highest BCUT2D eigenvalue weighted by molar-refractivity contribution is 8.10. The van der Waals surface area contributed by atoms with Gasteiger partial charge >= 0.3 is 0 Å². The molecule has 3 aliphatic rings. The summed E-state index contributed by atoms with van der Waals surface area (Å²) in [6, 6.07) is 20.2. The lowest BCUT2D eigenvalue weighted by molar-refractivity contribution is -0.141. The molecule has 2 fully saturated rings. The Morgan fingerprint density at radius 2 is 1.50 bits per heavy atom. The Balaban J connectivity index is 1.10. The van der Waals surface area contributed by atoms with Gasteiger partial charge in [-0.25, -0.2) is 0 Å². The molecule has 32 heavy (non-hydrogen) atoms. The van der Waals surface area contributed by atoms with Crippen LogP contribution in [0, 0.1) is 0 Å². The molecule has 0 spiro atoms. The van der Waals surface area contributed by atoms with Crippen LogP contribution in [-0.2, 0) is 4.79 Å². The Morgan fingerprint density at radius 1 is 0.875 bits per heavy atom. The molecular weight excluding hydrogens is 418 g/mol. The van der Waals surface area contributed by atoms with Crippen molar-refractivity contribution in [2.24, 2.45) is 0 Å². The van der Waals surface area contributed by atoms with Crippen LogP contribution in [0.25, 0.3) is 4.91 Å². The van der Waals surface area contributed by atoms with Gasteiger partial charge in [-0.3, -0.25) is 14.5 Å². The molecule has 2 saturated heterocycles. The van der Waals surface area contributed by atoms with Crippen molar-refractivity contribution in [1.82, 2.24) is 14.7 Å². The van der Waals surface area contributed by atoms with Crippen molar-refractivity contribution < 1.29 is 9.59 Å². The van der Waals surface area contributed by atoms with Gasteiger partial charge in [0.15, 0.2) is 0 Å². The Kier molecular flexibility index (Phi) is 5.82. The zero-order chi connectivity index (χ0) is 22.1. The summed E-state index contributed by atoms with van der Waals surface area (Å²) in [5, 5.41) is 0. The van der Waals surface area contributed by atoms with E-state index in [0.717, 1.165) is 51.3 Å². The molecule has 1 atom stereocenters. The van der Waals surface area contributed by atoms with E-state index in [4.69, 9.17) is 0 Å². The van der Waals surface area contributed by atoms with E-state index in [1.807, 2.05) is 58.3 Å². The molecule has 0 bridgehead atoms. The van der Waals surface area contributed by atoms with Crippen molar-refractivity contribution in [3.8, 4) is 0 Å². The normalized spacial score (nSPS) is 24.2. The summed E-state index contributed by atoms with van der Waals surface area (Å²) in [5.41, 5.74) is 1.95. The first-order valence-corrected chi connectivity index (χ1v) is 12.2. The predicted octanol–water partition coefficient (Wildman–Crippen LogP) is 3.59. The molecule has 1 unspecified atom stereocenters. The number of hydrogen-bond donors (Lipinski definition) is 0. The molecule has 0 N–H and O–H groups in total. The molecule has 2 amide bonds. The lowest BCUT2D eigenvalue weighted by Crippen LogP contribution is -2.66. The molecule has 2 aromatic rings. The summed E-state index contributed by atoms with van der Waals surface area (Å²) in [4.78, 5) is 33.5. The number of likely N-dealkylation sites (tertiary alicyclic amines) is 1. The van der Waals surface area contributed by atoms with Gasteiger partial charge in [0.2, 0.25) is 5.91 Å². The third-order valence-corrected chi connectivity index (χ3v) is 8.23. The fraction of sp³-hybridized carbons (Fsp3) is 0.385. The first kappa shape index (κ1) is 21.3.